The van der Waals surface area contributed by atoms with Gasteiger partial charge in [-0.2, -0.15) is 0 Å². The van der Waals surface area contributed by atoms with Gasteiger partial charge in [0.15, 0.2) is 0 Å². The molecule has 0 amide bonds. The Morgan fingerprint density at radius 2 is 1.42 bits per heavy atom. The number of carbonyl (C=O) groups excluding carboxylic acids is 1. The molecule has 0 heterocycles. The summed E-state index contributed by atoms with van der Waals surface area (Å²) < 4.78 is 0. The number of hydrogen-bond donors (Lipinski definition) is 0. The van der Waals surface area contributed by atoms with Gasteiger partial charge in [-0.15, -0.1) is 12.4 Å². The monoisotopic (exact) mass is 192 g/mol. The summed E-state index contributed by atoms with van der Waals surface area (Å²) in [5, 5.41) is 0. The Balaban J connectivity index is 0. The molecule has 2 heteroatoms. The van der Waals surface area contributed by atoms with E-state index < -0.39 is 0 Å². The van der Waals surface area contributed by atoms with Crippen molar-refractivity contribution < 1.29 is 4.79 Å². The lowest BCUT2D eigenvalue weighted by Gasteiger charge is -1.97. The molecule has 0 spiro atoms. The third kappa shape index (κ3) is 12.6. The summed E-state index contributed by atoms with van der Waals surface area (Å²) in [6.07, 6.45) is 10.8. The summed E-state index contributed by atoms with van der Waals surface area (Å²) in [6, 6.07) is 0. The Morgan fingerprint density at radius 3 is 1.92 bits per heavy atom. The number of halogens is 1. The fraction of sp³-hybridized carbons (Fsp3) is 0.900. The molecular weight excluding hydrogens is 172 g/mol. The van der Waals surface area contributed by atoms with E-state index in [1.54, 1.807) is 0 Å². The first-order valence-electron chi connectivity index (χ1n) is 4.85. The molecule has 74 valence electrons. The normalized spacial score (nSPS) is 9.08. The van der Waals surface area contributed by atoms with Gasteiger partial charge >= 0.3 is 0 Å². The third-order valence-electron chi connectivity index (χ3n) is 1.93. The molecule has 0 aromatic carbocycles. The summed E-state index contributed by atoms with van der Waals surface area (Å²) in [7, 11) is 0. The third-order valence-corrected chi connectivity index (χ3v) is 1.93. The fourth-order valence-corrected chi connectivity index (χ4v) is 1.18. The molecule has 0 saturated heterocycles. The average Bonchev–Trinajstić information content (AvgIpc) is 2.03. The van der Waals surface area contributed by atoms with E-state index in [4.69, 9.17) is 0 Å². The van der Waals surface area contributed by atoms with Crippen LogP contribution < -0.4 is 0 Å². The maximum Gasteiger partial charge on any atom is 0.119 e. The smallest absolute Gasteiger partial charge is 0.119 e. The highest BCUT2D eigenvalue weighted by Crippen LogP contribution is 2.07. The zero-order chi connectivity index (χ0) is 8.36. The first kappa shape index (κ1) is 14.5. The molecule has 0 aliphatic heterocycles. The van der Waals surface area contributed by atoms with Crippen LogP contribution in [0.25, 0.3) is 0 Å². The minimum Gasteiger partial charge on any atom is -0.303 e. The van der Waals surface area contributed by atoms with Crippen LogP contribution in [0, 0.1) is 0 Å². The number of unbranched alkanes of at least 4 members (excludes halogenated alkanes) is 7. The fourth-order valence-electron chi connectivity index (χ4n) is 1.18. The lowest BCUT2D eigenvalue weighted by Crippen LogP contribution is -1.80. The molecule has 1 nitrogen and oxygen atoms in total. The minimum absolute atomic E-state index is 0. The van der Waals surface area contributed by atoms with E-state index >= 15 is 0 Å². The molecule has 12 heavy (non-hydrogen) atoms. The highest BCUT2D eigenvalue weighted by molar-refractivity contribution is 5.85. The van der Waals surface area contributed by atoms with E-state index in [0.717, 1.165) is 19.1 Å². The van der Waals surface area contributed by atoms with Crippen LogP contribution in [0.2, 0.25) is 0 Å². The van der Waals surface area contributed by atoms with E-state index in [1.165, 1.54) is 38.5 Å². The van der Waals surface area contributed by atoms with E-state index in [0.29, 0.717) is 0 Å². The Hall–Kier alpha value is -0.0400. The van der Waals surface area contributed by atoms with Gasteiger partial charge in [0.2, 0.25) is 0 Å². The van der Waals surface area contributed by atoms with E-state index in [2.05, 4.69) is 6.92 Å². The summed E-state index contributed by atoms with van der Waals surface area (Å²) in [6.45, 7) is 2.23. The van der Waals surface area contributed by atoms with Crippen LogP contribution in [-0.4, -0.2) is 6.29 Å². The van der Waals surface area contributed by atoms with Gasteiger partial charge in [-0.1, -0.05) is 45.4 Å². The highest BCUT2D eigenvalue weighted by Gasteiger charge is 1.89. The molecule has 0 aromatic rings. The molecule has 0 rings (SSSR count). The standard InChI is InChI=1S/C10H20O.ClH/c1-2-3-4-5-6-7-8-9-10-11;/h10H,2-9H2,1H3;1H. The number of carbonyl (C=O) groups is 1. The van der Waals surface area contributed by atoms with Gasteiger partial charge in [0.1, 0.15) is 6.29 Å². The average molecular weight is 193 g/mol. The lowest BCUT2D eigenvalue weighted by atomic mass is 10.1. The van der Waals surface area contributed by atoms with Crippen LogP contribution in [0.3, 0.4) is 0 Å². The van der Waals surface area contributed by atoms with Gasteiger partial charge in [0.05, 0.1) is 0 Å². The summed E-state index contributed by atoms with van der Waals surface area (Å²) in [4.78, 5) is 9.94. The van der Waals surface area contributed by atoms with Crippen molar-refractivity contribution in [3.8, 4) is 0 Å². The maximum absolute atomic E-state index is 9.94. The molecule has 0 aliphatic rings. The predicted molar refractivity (Wildman–Crippen MR) is 55.9 cm³/mol. The quantitative estimate of drug-likeness (QED) is 0.423. The zero-order valence-electron chi connectivity index (χ0n) is 8.05. The molecule has 0 N–H and O–H groups in total. The largest absolute Gasteiger partial charge is 0.303 e. The molecule has 0 unspecified atom stereocenters. The van der Waals surface area contributed by atoms with Crippen LogP contribution in [0.15, 0.2) is 0 Å². The van der Waals surface area contributed by atoms with Crippen molar-refractivity contribution in [1.29, 1.82) is 0 Å². The van der Waals surface area contributed by atoms with Crippen LogP contribution in [0.5, 0.6) is 0 Å². The zero-order valence-corrected chi connectivity index (χ0v) is 8.87. The molecular formula is C10H21ClO. The van der Waals surface area contributed by atoms with Gasteiger partial charge < -0.3 is 4.79 Å². The van der Waals surface area contributed by atoms with Crippen LogP contribution in [0.1, 0.15) is 58.3 Å². The number of aldehydes is 1. The second kappa shape index (κ2) is 13.5. The van der Waals surface area contributed by atoms with Crippen molar-refractivity contribution in [3.63, 3.8) is 0 Å². The molecule has 0 fully saturated rings. The van der Waals surface area contributed by atoms with Crippen molar-refractivity contribution in [2.45, 2.75) is 58.3 Å². The summed E-state index contributed by atoms with van der Waals surface area (Å²) in [5.41, 5.74) is 0. The number of rotatable bonds is 8. The van der Waals surface area contributed by atoms with E-state index in [-0.39, 0.29) is 12.4 Å². The van der Waals surface area contributed by atoms with E-state index in [9.17, 15) is 4.79 Å². The Labute approximate surface area is 82.3 Å². The molecule has 0 radical (unpaired) electrons. The Bertz CT molecular complexity index is 83.9. The minimum atomic E-state index is 0. The van der Waals surface area contributed by atoms with Gasteiger partial charge in [0.25, 0.3) is 0 Å². The van der Waals surface area contributed by atoms with Crippen molar-refractivity contribution >= 4 is 18.7 Å². The second-order valence-corrected chi connectivity index (χ2v) is 3.08. The molecule has 0 aliphatic carbocycles. The predicted octanol–water partition coefficient (Wildman–Crippen LogP) is 3.75. The molecule has 0 saturated carbocycles. The van der Waals surface area contributed by atoms with Crippen LogP contribution in [0.4, 0.5) is 0 Å². The van der Waals surface area contributed by atoms with E-state index in [1.807, 2.05) is 0 Å². The van der Waals surface area contributed by atoms with Gasteiger partial charge in [0, 0.05) is 6.42 Å². The number of hydrogen-bond acceptors (Lipinski definition) is 1. The first-order chi connectivity index (χ1) is 5.41. The van der Waals surface area contributed by atoms with Crippen molar-refractivity contribution in [1.82, 2.24) is 0 Å². The highest BCUT2D eigenvalue weighted by atomic mass is 35.5. The van der Waals surface area contributed by atoms with Crippen LogP contribution in [-0.2, 0) is 4.79 Å². The topological polar surface area (TPSA) is 17.1 Å². The SMILES string of the molecule is CCCCCCCCCC=O.Cl. The summed E-state index contributed by atoms with van der Waals surface area (Å²) in [5.74, 6) is 0. The van der Waals surface area contributed by atoms with Gasteiger partial charge in [-0.25, -0.2) is 0 Å². The second-order valence-electron chi connectivity index (χ2n) is 3.08. The molecule has 0 bridgehead atoms. The molecule has 0 aromatic heterocycles. The maximum atomic E-state index is 9.94. The van der Waals surface area contributed by atoms with Crippen molar-refractivity contribution in [3.05, 3.63) is 0 Å². The first-order valence-corrected chi connectivity index (χ1v) is 4.85. The Kier molecular flexibility index (Phi) is 16.3. The van der Waals surface area contributed by atoms with Gasteiger partial charge in [-0.05, 0) is 6.42 Å². The lowest BCUT2D eigenvalue weighted by molar-refractivity contribution is -0.107. The van der Waals surface area contributed by atoms with Gasteiger partial charge in [-0.3, -0.25) is 0 Å². The Morgan fingerprint density at radius 1 is 0.917 bits per heavy atom. The van der Waals surface area contributed by atoms with Crippen molar-refractivity contribution in [2.24, 2.45) is 0 Å². The molecule has 0 atom stereocenters. The van der Waals surface area contributed by atoms with Crippen LogP contribution >= 0.6 is 12.4 Å². The van der Waals surface area contributed by atoms with Crippen molar-refractivity contribution in [2.75, 3.05) is 0 Å². The summed E-state index contributed by atoms with van der Waals surface area (Å²) >= 11 is 0.